The Bertz CT molecular complexity index is 1050. The van der Waals surface area contributed by atoms with Gasteiger partial charge in [-0.1, -0.05) is 17.7 Å². The standard InChI is InChI=1S/C19H22N4O2S/c1-13-6-8-16(9-7-13)26(24,25)23(5)19-18(15(3)22(4)21-19)17-10-11-20-12-14(17)2/h6-12H,1-5H3. The molecule has 7 heteroatoms. The Kier molecular flexibility index (Phi) is 4.58. The Morgan fingerprint density at radius 1 is 1.04 bits per heavy atom. The molecule has 1 aromatic carbocycles. The number of benzene rings is 1. The van der Waals surface area contributed by atoms with Gasteiger partial charge in [-0.15, -0.1) is 0 Å². The van der Waals surface area contributed by atoms with E-state index in [1.54, 1.807) is 41.3 Å². The van der Waals surface area contributed by atoms with Crippen LogP contribution in [0.3, 0.4) is 0 Å². The van der Waals surface area contributed by atoms with E-state index in [-0.39, 0.29) is 4.90 Å². The molecular weight excluding hydrogens is 348 g/mol. The van der Waals surface area contributed by atoms with E-state index in [9.17, 15) is 8.42 Å². The lowest BCUT2D eigenvalue weighted by molar-refractivity contribution is 0.593. The van der Waals surface area contributed by atoms with E-state index in [2.05, 4.69) is 10.1 Å². The highest BCUT2D eigenvalue weighted by Crippen LogP contribution is 2.36. The van der Waals surface area contributed by atoms with Crippen molar-refractivity contribution in [1.29, 1.82) is 0 Å². The van der Waals surface area contributed by atoms with Crippen molar-refractivity contribution in [2.75, 3.05) is 11.4 Å². The number of sulfonamides is 1. The highest BCUT2D eigenvalue weighted by atomic mass is 32.2. The van der Waals surface area contributed by atoms with Crippen molar-refractivity contribution in [3.63, 3.8) is 0 Å². The summed E-state index contributed by atoms with van der Waals surface area (Å²) in [5.41, 5.74) is 4.58. The molecule has 0 fully saturated rings. The number of hydrogen-bond donors (Lipinski definition) is 0. The summed E-state index contributed by atoms with van der Waals surface area (Å²) < 4.78 is 29.1. The van der Waals surface area contributed by atoms with Gasteiger partial charge in [0.1, 0.15) is 0 Å². The molecule has 2 heterocycles. The first-order valence-corrected chi connectivity index (χ1v) is 9.67. The highest BCUT2D eigenvalue weighted by Gasteiger charge is 2.28. The van der Waals surface area contributed by atoms with Gasteiger partial charge in [-0.3, -0.25) is 14.0 Å². The summed E-state index contributed by atoms with van der Waals surface area (Å²) in [7, 11) is -0.364. The van der Waals surface area contributed by atoms with Gasteiger partial charge in [-0.2, -0.15) is 5.10 Å². The molecule has 0 radical (unpaired) electrons. The van der Waals surface area contributed by atoms with Crippen LogP contribution < -0.4 is 4.31 Å². The SMILES string of the molecule is Cc1ccc(S(=O)(=O)N(C)c2nn(C)c(C)c2-c2ccncc2C)cc1. The second kappa shape index (κ2) is 6.57. The summed E-state index contributed by atoms with van der Waals surface area (Å²) in [5.74, 6) is 0.403. The second-order valence-corrected chi connectivity index (χ2v) is 8.35. The molecule has 136 valence electrons. The molecule has 0 atom stereocenters. The number of rotatable bonds is 4. The summed E-state index contributed by atoms with van der Waals surface area (Å²) in [4.78, 5) is 4.37. The minimum atomic E-state index is -3.71. The molecule has 3 aromatic rings. The zero-order valence-electron chi connectivity index (χ0n) is 15.6. The molecule has 0 aliphatic carbocycles. The molecule has 0 N–H and O–H groups in total. The minimum absolute atomic E-state index is 0.242. The van der Waals surface area contributed by atoms with Gasteiger partial charge < -0.3 is 0 Å². The van der Waals surface area contributed by atoms with Gasteiger partial charge in [-0.25, -0.2) is 8.42 Å². The summed E-state index contributed by atoms with van der Waals surface area (Å²) in [6.45, 7) is 5.80. The van der Waals surface area contributed by atoms with Gasteiger partial charge in [0.15, 0.2) is 5.82 Å². The molecule has 0 saturated heterocycles. The van der Waals surface area contributed by atoms with Gasteiger partial charge >= 0.3 is 0 Å². The molecule has 0 aliphatic heterocycles. The summed E-state index contributed by atoms with van der Waals surface area (Å²) >= 11 is 0. The predicted octanol–water partition coefficient (Wildman–Crippen LogP) is 3.23. The Balaban J connectivity index is 2.17. The molecule has 0 spiro atoms. The van der Waals surface area contributed by atoms with E-state index in [1.165, 1.54) is 11.4 Å². The smallest absolute Gasteiger partial charge is 0.265 e. The van der Waals surface area contributed by atoms with Crippen LogP contribution >= 0.6 is 0 Å². The maximum atomic E-state index is 13.1. The minimum Gasteiger partial charge on any atom is -0.270 e. The second-order valence-electron chi connectivity index (χ2n) is 6.38. The molecule has 3 rings (SSSR count). The van der Waals surface area contributed by atoms with Crippen molar-refractivity contribution in [2.45, 2.75) is 25.7 Å². The zero-order valence-corrected chi connectivity index (χ0v) is 16.4. The van der Waals surface area contributed by atoms with Crippen molar-refractivity contribution in [1.82, 2.24) is 14.8 Å². The lowest BCUT2D eigenvalue weighted by Crippen LogP contribution is -2.27. The molecule has 26 heavy (non-hydrogen) atoms. The summed E-state index contributed by atoms with van der Waals surface area (Å²) in [6.07, 6.45) is 3.47. The van der Waals surface area contributed by atoms with E-state index in [0.29, 0.717) is 5.82 Å². The highest BCUT2D eigenvalue weighted by molar-refractivity contribution is 7.92. The van der Waals surface area contributed by atoms with Crippen molar-refractivity contribution < 1.29 is 8.42 Å². The average molecular weight is 370 g/mol. The van der Waals surface area contributed by atoms with Crippen LogP contribution in [-0.2, 0) is 17.1 Å². The van der Waals surface area contributed by atoms with Crippen LogP contribution in [0.1, 0.15) is 16.8 Å². The van der Waals surface area contributed by atoms with E-state index in [0.717, 1.165) is 27.9 Å². The van der Waals surface area contributed by atoms with Gasteiger partial charge in [0.25, 0.3) is 10.0 Å². The molecule has 0 bridgehead atoms. The van der Waals surface area contributed by atoms with Crippen molar-refractivity contribution >= 4 is 15.8 Å². The van der Waals surface area contributed by atoms with Crippen LogP contribution in [0.15, 0.2) is 47.6 Å². The summed E-state index contributed by atoms with van der Waals surface area (Å²) in [6, 6.07) is 8.70. The van der Waals surface area contributed by atoms with Crippen molar-refractivity contribution in [3.05, 3.63) is 59.5 Å². The Morgan fingerprint density at radius 2 is 1.69 bits per heavy atom. The number of anilines is 1. The normalized spacial score (nSPS) is 11.6. The fourth-order valence-electron chi connectivity index (χ4n) is 2.86. The first-order chi connectivity index (χ1) is 12.2. The van der Waals surface area contributed by atoms with Crippen LogP contribution in [0.2, 0.25) is 0 Å². The maximum absolute atomic E-state index is 13.1. The monoisotopic (exact) mass is 370 g/mol. The van der Waals surface area contributed by atoms with Crippen LogP contribution in [0.5, 0.6) is 0 Å². The topological polar surface area (TPSA) is 68.1 Å². The van der Waals surface area contributed by atoms with E-state index in [1.807, 2.05) is 33.9 Å². The number of hydrogen-bond acceptors (Lipinski definition) is 4. The number of aryl methyl sites for hydroxylation is 3. The van der Waals surface area contributed by atoms with Crippen LogP contribution in [0.25, 0.3) is 11.1 Å². The van der Waals surface area contributed by atoms with Gasteiger partial charge in [0.2, 0.25) is 0 Å². The Hall–Kier alpha value is -2.67. The third-order valence-corrected chi connectivity index (χ3v) is 6.34. The zero-order chi connectivity index (χ0) is 19.1. The lowest BCUT2D eigenvalue weighted by atomic mass is 10.0. The predicted molar refractivity (Wildman–Crippen MR) is 103 cm³/mol. The van der Waals surface area contributed by atoms with Gasteiger partial charge in [0, 0.05) is 37.7 Å². The van der Waals surface area contributed by atoms with Crippen LogP contribution in [0.4, 0.5) is 5.82 Å². The Labute approximate surface area is 154 Å². The van der Waals surface area contributed by atoms with E-state index < -0.39 is 10.0 Å². The first-order valence-electron chi connectivity index (χ1n) is 8.23. The summed E-state index contributed by atoms with van der Waals surface area (Å²) in [5, 5.41) is 4.48. The number of aromatic nitrogens is 3. The third-order valence-electron chi connectivity index (χ3n) is 4.58. The van der Waals surface area contributed by atoms with Crippen molar-refractivity contribution in [3.8, 4) is 11.1 Å². The largest absolute Gasteiger partial charge is 0.270 e. The number of nitrogens with zero attached hydrogens (tertiary/aromatic N) is 4. The molecule has 0 saturated carbocycles. The molecule has 0 aliphatic rings. The fourth-order valence-corrected chi connectivity index (χ4v) is 4.01. The average Bonchev–Trinajstić information content (AvgIpc) is 2.90. The molecule has 2 aromatic heterocycles. The quantitative estimate of drug-likeness (QED) is 0.707. The van der Waals surface area contributed by atoms with Crippen LogP contribution in [-0.4, -0.2) is 30.2 Å². The van der Waals surface area contributed by atoms with Crippen molar-refractivity contribution in [2.24, 2.45) is 7.05 Å². The molecule has 0 unspecified atom stereocenters. The maximum Gasteiger partial charge on any atom is 0.265 e. The van der Waals surface area contributed by atoms with Crippen LogP contribution in [0, 0.1) is 20.8 Å². The third kappa shape index (κ3) is 2.99. The molecular formula is C19H22N4O2S. The Morgan fingerprint density at radius 3 is 2.31 bits per heavy atom. The number of pyridine rings is 1. The first kappa shape index (κ1) is 18.1. The van der Waals surface area contributed by atoms with E-state index >= 15 is 0 Å². The molecule has 0 amide bonds. The molecule has 6 nitrogen and oxygen atoms in total. The van der Waals surface area contributed by atoms with Gasteiger partial charge in [0.05, 0.1) is 4.90 Å². The van der Waals surface area contributed by atoms with Gasteiger partial charge in [-0.05, 0) is 50.1 Å². The lowest BCUT2D eigenvalue weighted by Gasteiger charge is -2.19. The fraction of sp³-hybridized carbons (Fsp3) is 0.263. The van der Waals surface area contributed by atoms with E-state index in [4.69, 9.17) is 0 Å².